The first kappa shape index (κ1) is 13.4. The first-order valence-corrected chi connectivity index (χ1v) is 6.03. The Balaban J connectivity index is 2.16. The Kier molecular flexibility index (Phi) is 4.40. The Morgan fingerprint density at radius 1 is 1.37 bits per heavy atom. The molecule has 0 aliphatic rings. The lowest BCUT2D eigenvalue weighted by molar-refractivity contribution is 0.191. The van der Waals surface area contributed by atoms with Gasteiger partial charge in [-0.1, -0.05) is 0 Å². The SMILES string of the molecule is COCCCCn1nnnc1-c1cc(N)ccc1F. The summed E-state index contributed by atoms with van der Waals surface area (Å²) in [4.78, 5) is 0. The fourth-order valence-electron chi connectivity index (χ4n) is 1.77. The number of nitrogens with two attached hydrogens (primary N) is 1. The number of halogens is 1. The van der Waals surface area contributed by atoms with Gasteiger partial charge in [0.2, 0.25) is 0 Å². The standard InChI is InChI=1S/C12H16FN5O/c1-19-7-3-2-6-18-12(15-16-17-18)10-8-9(14)4-5-11(10)13/h4-5,8H,2-3,6-7,14H2,1H3. The Bertz CT molecular complexity index is 543. The van der Waals surface area contributed by atoms with Gasteiger partial charge in [-0.2, -0.15) is 0 Å². The molecule has 0 atom stereocenters. The number of aryl methyl sites for hydroxylation is 1. The second kappa shape index (κ2) is 6.24. The van der Waals surface area contributed by atoms with Crippen LogP contribution in [0.1, 0.15) is 12.8 Å². The normalized spacial score (nSPS) is 10.8. The summed E-state index contributed by atoms with van der Waals surface area (Å²) in [7, 11) is 1.66. The van der Waals surface area contributed by atoms with Crippen LogP contribution >= 0.6 is 0 Å². The zero-order valence-corrected chi connectivity index (χ0v) is 10.7. The molecule has 0 aliphatic heterocycles. The summed E-state index contributed by atoms with van der Waals surface area (Å²) in [5.41, 5.74) is 6.46. The number of nitrogens with zero attached hydrogens (tertiary/aromatic N) is 4. The van der Waals surface area contributed by atoms with Crippen LogP contribution in [0.4, 0.5) is 10.1 Å². The molecule has 0 bridgehead atoms. The molecule has 2 aromatic rings. The number of ether oxygens (including phenoxy) is 1. The molecular weight excluding hydrogens is 249 g/mol. The summed E-state index contributed by atoms with van der Waals surface area (Å²) >= 11 is 0. The first-order valence-electron chi connectivity index (χ1n) is 6.03. The van der Waals surface area contributed by atoms with E-state index in [1.54, 1.807) is 11.8 Å². The van der Waals surface area contributed by atoms with Crippen LogP contribution in [0.25, 0.3) is 11.4 Å². The molecule has 0 spiro atoms. The molecule has 102 valence electrons. The number of hydrogen-bond acceptors (Lipinski definition) is 5. The van der Waals surface area contributed by atoms with Crippen LogP contribution in [0.15, 0.2) is 18.2 Å². The van der Waals surface area contributed by atoms with Gasteiger partial charge in [0.25, 0.3) is 0 Å². The first-order chi connectivity index (χ1) is 9.22. The average Bonchev–Trinajstić information content (AvgIpc) is 2.86. The van der Waals surface area contributed by atoms with Crippen molar-refractivity contribution in [3.05, 3.63) is 24.0 Å². The van der Waals surface area contributed by atoms with E-state index in [1.165, 1.54) is 18.2 Å². The highest BCUT2D eigenvalue weighted by molar-refractivity contribution is 5.61. The van der Waals surface area contributed by atoms with Gasteiger partial charge in [-0.15, -0.1) is 5.10 Å². The molecule has 0 aliphatic carbocycles. The number of unbranched alkanes of at least 4 members (excludes halogenated alkanes) is 1. The highest BCUT2D eigenvalue weighted by atomic mass is 19.1. The van der Waals surface area contributed by atoms with Crippen LogP contribution in [-0.2, 0) is 11.3 Å². The van der Waals surface area contributed by atoms with Crippen molar-refractivity contribution in [2.75, 3.05) is 19.5 Å². The van der Waals surface area contributed by atoms with Crippen molar-refractivity contribution in [2.45, 2.75) is 19.4 Å². The number of aromatic nitrogens is 4. The van der Waals surface area contributed by atoms with Gasteiger partial charge in [-0.05, 0) is 41.5 Å². The van der Waals surface area contributed by atoms with Gasteiger partial charge >= 0.3 is 0 Å². The van der Waals surface area contributed by atoms with E-state index in [0.29, 0.717) is 30.2 Å². The van der Waals surface area contributed by atoms with Gasteiger partial charge < -0.3 is 10.5 Å². The number of anilines is 1. The Morgan fingerprint density at radius 2 is 2.21 bits per heavy atom. The topological polar surface area (TPSA) is 78.8 Å². The molecule has 1 heterocycles. The minimum atomic E-state index is -0.387. The van der Waals surface area contributed by atoms with Gasteiger partial charge in [0.05, 0.1) is 5.56 Å². The van der Waals surface area contributed by atoms with Gasteiger partial charge in [0.1, 0.15) is 5.82 Å². The van der Waals surface area contributed by atoms with E-state index < -0.39 is 0 Å². The number of nitrogen functional groups attached to an aromatic ring is 1. The van der Waals surface area contributed by atoms with E-state index in [-0.39, 0.29) is 5.82 Å². The zero-order valence-electron chi connectivity index (χ0n) is 10.7. The summed E-state index contributed by atoms with van der Waals surface area (Å²) in [6.45, 7) is 1.30. The Hall–Kier alpha value is -2.02. The molecular formula is C12H16FN5O. The second-order valence-corrected chi connectivity index (χ2v) is 4.16. The van der Waals surface area contributed by atoms with Gasteiger partial charge in [-0.3, -0.25) is 0 Å². The molecule has 0 amide bonds. The molecule has 2 N–H and O–H groups in total. The Labute approximate surface area is 110 Å². The molecule has 1 aromatic heterocycles. The lowest BCUT2D eigenvalue weighted by Gasteiger charge is -2.06. The van der Waals surface area contributed by atoms with Crippen LogP contribution in [0, 0.1) is 5.82 Å². The molecule has 19 heavy (non-hydrogen) atoms. The molecule has 0 saturated heterocycles. The van der Waals surface area contributed by atoms with Crippen molar-refractivity contribution in [1.82, 2.24) is 20.2 Å². The van der Waals surface area contributed by atoms with Gasteiger partial charge in [-0.25, -0.2) is 9.07 Å². The second-order valence-electron chi connectivity index (χ2n) is 4.16. The lowest BCUT2D eigenvalue weighted by atomic mass is 10.1. The van der Waals surface area contributed by atoms with Crippen molar-refractivity contribution in [3.8, 4) is 11.4 Å². The summed E-state index contributed by atoms with van der Waals surface area (Å²) in [6, 6.07) is 4.35. The maximum atomic E-state index is 13.8. The van der Waals surface area contributed by atoms with Crippen LogP contribution in [0.3, 0.4) is 0 Å². The summed E-state index contributed by atoms with van der Waals surface area (Å²) in [5, 5.41) is 11.3. The monoisotopic (exact) mass is 265 g/mol. The third-order valence-electron chi connectivity index (χ3n) is 2.73. The zero-order chi connectivity index (χ0) is 13.7. The van der Waals surface area contributed by atoms with Crippen LogP contribution in [-0.4, -0.2) is 33.9 Å². The minimum absolute atomic E-state index is 0.316. The Morgan fingerprint density at radius 3 is 3.00 bits per heavy atom. The maximum absolute atomic E-state index is 13.8. The van der Waals surface area contributed by atoms with E-state index >= 15 is 0 Å². The fraction of sp³-hybridized carbons (Fsp3) is 0.417. The largest absolute Gasteiger partial charge is 0.399 e. The quantitative estimate of drug-likeness (QED) is 0.632. The molecule has 0 radical (unpaired) electrons. The minimum Gasteiger partial charge on any atom is -0.399 e. The van der Waals surface area contributed by atoms with Crippen molar-refractivity contribution >= 4 is 5.69 Å². The van der Waals surface area contributed by atoms with E-state index in [4.69, 9.17) is 10.5 Å². The lowest BCUT2D eigenvalue weighted by Crippen LogP contribution is -2.05. The van der Waals surface area contributed by atoms with E-state index in [9.17, 15) is 4.39 Å². The summed E-state index contributed by atoms with van der Waals surface area (Å²) < 4.78 is 20.3. The van der Waals surface area contributed by atoms with Crippen molar-refractivity contribution in [2.24, 2.45) is 0 Å². The smallest absolute Gasteiger partial charge is 0.185 e. The molecule has 0 unspecified atom stereocenters. The third-order valence-corrected chi connectivity index (χ3v) is 2.73. The van der Waals surface area contributed by atoms with Crippen LogP contribution in [0.2, 0.25) is 0 Å². The van der Waals surface area contributed by atoms with E-state index in [1.807, 2.05) is 0 Å². The number of methoxy groups -OCH3 is 1. The summed E-state index contributed by atoms with van der Waals surface area (Å²) in [6.07, 6.45) is 1.75. The fourth-order valence-corrected chi connectivity index (χ4v) is 1.77. The number of rotatable bonds is 6. The molecule has 6 nitrogen and oxygen atoms in total. The average molecular weight is 265 g/mol. The van der Waals surface area contributed by atoms with Crippen molar-refractivity contribution < 1.29 is 9.13 Å². The number of hydrogen-bond donors (Lipinski definition) is 1. The number of benzene rings is 1. The van der Waals surface area contributed by atoms with Crippen LogP contribution in [0.5, 0.6) is 0 Å². The highest BCUT2D eigenvalue weighted by Gasteiger charge is 2.13. The molecule has 2 rings (SSSR count). The molecule has 0 fully saturated rings. The summed E-state index contributed by atoms with van der Waals surface area (Å²) in [5.74, 6) is 0.00404. The van der Waals surface area contributed by atoms with E-state index in [2.05, 4.69) is 15.5 Å². The van der Waals surface area contributed by atoms with Crippen LogP contribution < -0.4 is 5.73 Å². The maximum Gasteiger partial charge on any atom is 0.185 e. The highest BCUT2D eigenvalue weighted by Crippen LogP contribution is 2.22. The van der Waals surface area contributed by atoms with Crippen molar-refractivity contribution in [3.63, 3.8) is 0 Å². The van der Waals surface area contributed by atoms with Crippen molar-refractivity contribution in [1.29, 1.82) is 0 Å². The predicted octanol–water partition coefficient (Wildman–Crippen LogP) is 1.49. The van der Waals surface area contributed by atoms with Gasteiger partial charge in [0, 0.05) is 25.9 Å². The molecule has 7 heteroatoms. The van der Waals surface area contributed by atoms with Gasteiger partial charge in [0.15, 0.2) is 5.82 Å². The molecule has 1 aromatic carbocycles. The molecule has 0 saturated carbocycles. The predicted molar refractivity (Wildman–Crippen MR) is 68.7 cm³/mol. The third kappa shape index (κ3) is 3.25. The van der Waals surface area contributed by atoms with E-state index in [0.717, 1.165) is 12.8 Å². The number of tetrazole rings is 1.